The molecule has 2 aromatic heterocycles. The minimum absolute atomic E-state index is 0.0388. The van der Waals surface area contributed by atoms with Crippen LogP contribution in [-0.2, 0) is 10.0 Å². The first kappa shape index (κ1) is 26.1. The molecule has 3 aromatic carbocycles. The summed E-state index contributed by atoms with van der Waals surface area (Å²) in [4.78, 5) is 13.1. The molecular formula is C27H20ClFN4O5S. The largest absolute Gasteiger partial charge is 0.494 e. The van der Waals surface area contributed by atoms with Crippen molar-refractivity contribution in [3.8, 4) is 28.3 Å². The Hall–Kier alpha value is -4.48. The Bertz CT molecular complexity index is 1840. The molecule has 0 aliphatic rings. The van der Waals surface area contributed by atoms with Gasteiger partial charge in [0, 0.05) is 22.7 Å². The Morgan fingerprint density at radius 2 is 1.64 bits per heavy atom. The predicted molar refractivity (Wildman–Crippen MR) is 146 cm³/mol. The van der Waals surface area contributed by atoms with Crippen molar-refractivity contribution < 1.29 is 22.3 Å². The fraction of sp³-hybridized carbons (Fsp3) is 0.0741. The number of rotatable bonds is 7. The van der Waals surface area contributed by atoms with Crippen LogP contribution in [0.5, 0.6) is 11.5 Å². The minimum atomic E-state index is -3.99. The van der Waals surface area contributed by atoms with Crippen molar-refractivity contribution in [1.29, 1.82) is 0 Å². The van der Waals surface area contributed by atoms with Gasteiger partial charge in [-0.05, 0) is 77.9 Å². The monoisotopic (exact) mass is 566 g/mol. The lowest BCUT2D eigenvalue weighted by Gasteiger charge is -2.19. The highest BCUT2D eigenvalue weighted by molar-refractivity contribution is 7.92. The number of nitrogens with zero attached hydrogens (tertiary/aromatic N) is 3. The van der Waals surface area contributed by atoms with E-state index in [-0.39, 0.29) is 32.9 Å². The summed E-state index contributed by atoms with van der Waals surface area (Å²) in [5, 5.41) is 8.10. The van der Waals surface area contributed by atoms with Gasteiger partial charge in [-0.15, -0.1) is 5.10 Å². The first-order valence-corrected chi connectivity index (χ1v) is 13.3. The number of hydrogen-bond donors (Lipinski definition) is 1. The summed E-state index contributed by atoms with van der Waals surface area (Å²) in [6, 6.07) is 17.6. The molecule has 0 aliphatic heterocycles. The molecular weight excluding hydrogens is 547 g/mol. The summed E-state index contributed by atoms with van der Waals surface area (Å²) in [6.45, 7) is 0. The smallest absolute Gasteiger partial charge is 0.263 e. The molecule has 5 rings (SSSR count). The van der Waals surface area contributed by atoms with E-state index in [1.54, 1.807) is 24.3 Å². The number of anilines is 1. The highest BCUT2D eigenvalue weighted by atomic mass is 35.5. The van der Waals surface area contributed by atoms with Crippen LogP contribution >= 0.6 is 11.6 Å². The maximum absolute atomic E-state index is 14.0. The van der Waals surface area contributed by atoms with Gasteiger partial charge in [0.1, 0.15) is 23.0 Å². The van der Waals surface area contributed by atoms with Crippen molar-refractivity contribution >= 4 is 38.3 Å². The lowest BCUT2D eigenvalue weighted by atomic mass is 10.0. The van der Waals surface area contributed by atoms with Crippen LogP contribution in [0.3, 0.4) is 0 Å². The second-order valence-corrected chi connectivity index (χ2v) is 10.4. The van der Waals surface area contributed by atoms with Crippen LogP contribution in [0.25, 0.3) is 27.7 Å². The molecule has 9 nitrogen and oxygen atoms in total. The first-order valence-electron chi connectivity index (χ1n) is 11.4. The zero-order valence-corrected chi connectivity index (χ0v) is 22.1. The van der Waals surface area contributed by atoms with Gasteiger partial charge in [-0.2, -0.15) is 5.10 Å². The fourth-order valence-corrected chi connectivity index (χ4v) is 5.43. The maximum Gasteiger partial charge on any atom is 0.263 e. The van der Waals surface area contributed by atoms with E-state index in [2.05, 4.69) is 14.9 Å². The fourth-order valence-electron chi connectivity index (χ4n) is 4.18. The van der Waals surface area contributed by atoms with Crippen LogP contribution in [0.2, 0.25) is 5.02 Å². The number of methoxy groups -OCH3 is 2. The molecule has 12 heteroatoms. The minimum Gasteiger partial charge on any atom is -0.494 e. The molecule has 0 saturated heterocycles. The van der Waals surface area contributed by atoms with Crippen molar-refractivity contribution in [2.45, 2.75) is 4.90 Å². The molecule has 0 bridgehead atoms. The molecule has 0 spiro atoms. The van der Waals surface area contributed by atoms with Gasteiger partial charge in [0.25, 0.3) is 15.6 Å². The third-order valence-electron chi connectivity index (χ3n) is 5.89. The van der Waals surface area contributed by atoms with Crippen molar-refractivity contribution in [3.05, 3.63) is 100 Å². The third-order valence-corrected chi connectivity index (χ3v) is 7.46. The standard InChI is InChI=1S/C27H20ClFN4O5S/c1-37-23-13-18(17-10-19(28)15-20(29)11-17)14-24(38-2)27(23)33-22-7-6-21(12-16(22)5-8-26(33)34)39(35,36)32-25-4-3-9-30-31-25/h3-15H,1-2H3,(H,31,32). The van der Waals surface area contributed by atoms with Gasteiger partial charge in [0.15, 0.2) is 5.82 Å². The molecule has 0 saturated carbocycles. The number of halogens is 2. The third kappa shape index (κ3) is 5.14. The summed E-state index contributed by atoms with van der Waals surface area (Å²) in [6.07, 6.45) is 1.43. The number of pyridine rings is 1. The molecule has 0 atom stereocenters. The van der Waals surface area contributed by atoms with Crippen molar-refractivity contribution in [1.82, 2.24) is 14.8 Å². The normalized spacial score (nSPS) is 11.4. The zero-order valence-electron chi connectivity index (χ0n) is 20.6. The molecule has 0 aliphatic carbocycles. The lowest BCUT2D eigenvalue weighted by Crippen LogP contribution is -2.19. The molecule has 39 heavy (non-hydrogen) atoms. The molecule has 198 valence electrons. The van der Waals surface area contributed by atoms with Crippen LogP contribution in [-0.4, -0.2) is 37.4 Å². The van der Waals surface area contributed by atoms with E-state index in [0.717, 1.165) is 0 Å². The van der Waals surface area contributed by atoms with Crippen LogP contribution in [0.1, 0.15) is 0 Å². The van der Waals surface area contributed by atoms with Crippen molar-refractivity contribution in [2.24, 2.45) is 0 Å². The number of ether oxygens (including phenoxy) is 2. The number of nitrogens with one attached hydrogen (secondary N) is 1. The number of benzene rings is 3. The molecule has 0 unspecified atom stereocenters. The molecule has 0 amide bonds. The van der Waals surface area contributed by atoms with E-state index in [4.69, 9.17) is 21.1 Å². The Balaban J connectivity index is 1.67. The second-order valence-electron chi connectivity index (χ2n) is 8.33. The zero-order chi connectivity index (χ0) is 27.7. The Labute approximate surface area is 227 Å². The summed E-state index contributed by atoms with van der Waals surface area (Å²) in [5.41, 5.74) is 1.31. The van der Waals surface area contributed by atoms with Crippen LogP contribution in [0.15, 0.2) is 88.7 Å². The number of fused-ring (bicyclic) bond motifs is 1. The summed E-state index contributed by atoms with van der Waals surface area (Å²) < 4.78 is 55.0. The van der Waals surface area contributed by atoms with Crippen LogP contribution in [0, 0.1) is 5.82 Å². The summed E-state index contributed by atoms with van der Waals surface area (Å²) in [5.74, 6) is 0.0850. The van der Waals surface area contributed by atoms with Gasteiger partial charge >= 0.3 is 0 Å². The predicted octanol–water partition coefficient (Wildman–Crippen LogP) is 5.06. The van der Waals surface area contributed by atoms with E-state index in [1.807, 2.05) is 0 Å². The topological polar surface area (TPSA) is 112 Å². The SMILES string of the molecule is COc1cc(-c2cc(F)cc(Cl)c2)cc(OC)c1-n1c(=O)ccc2cc(S(=O)(=O)Nc3cccnn3)ccc21. The number of aromatic nitrogens is 3. The van der Waals surface area contributed by atoms with E-state index in [1.165, 1.54) is 73.5 Å². The first-order chi connectivity index (χ1) is 18.7. The van der Waals surface area contributed by atoms with E-state index < -0.39 is 21.4 Å². The number of hydrogen-bond acceptors (Lipinski definition) is 7. The lowest BCUT2D eigenvalue weighted by molar-refractivity contribution is 0.391. The van der Waals surface area contributed by atoms with E-state index in [0.29, 0.717) is 22.0 Å². The molecule has 1 N–H and O–H groups in total. The van der Waals surface area contributed by atoms with Gasteiger partial charge in [0.05, 0.1) is 24.6 Å². The molecule has 5 aromatic rings. The van der Waals surface area contributed by atoms with E-state index in [9.17, 15) is 17.6 Å². The molecule has 0 fully saturated rings. The van der Waals surface area contributed by atoms with Crippen molar-refractivity contribution in [2.75, 3.05) is 18.9 Å². The van der Waals surface area contributed by atoms with Crippen LogP contribution in [0.4, 0.5) is 10.2 Å². The van der Waals surface area contributed by atoms with E-state index >= 15 is 0 Å². The average molecular weight is 567 g/mol. The van der Waals surface area contributed by atoms with Gasteiger partial charge in [-0.25, -0.2) is 12.8 Å². The summed E-state index contributed by atoms with van der Waals surface area (Å²) in [7, 11) is -1.13. The van der Waals surface area contributed by atoms with Crippen LogP contribution < -0.4 is 19.8 Å². The quantitative estimate of drug-likeness (QED) is 0.293. The average Bonchev–Trinajstić information content (AvgIpc) is 2.92. The summed E-state index contributed by atoms with van der Waals surface area (Å²) >= 11 is 6.05. The van der Waals surface area contributed by atoms with Crippen molar-refractivity contribution in [3.63, 3.8) is 0 Å². The number of sulfonamides is 1. The van der Waals surface area contributed by atoms with Gasteiger partial charge < -0.3 is 9.47 Å². The Morgan fingerprint density at radius 3 is 2.28 bits per heavy atom. The van der Waals surface area contributed by atoms with Gasteiger partial charge in [0.2, 0.25) is 0 Å². The Morgan fingerprint density at radius 1 is 0.923 bits per heavy atom. The molecule has 0 radical (unpaired) electrons. The van der Waals surface area contributed by atoms with Gasteiger partial charge in [-0.1, -0.05) is 11.6 Å². The second kappa shape index (κ2) is 10.4. The highest BCUT2D eigenvalue weighted by Crippen LogP contribution is 2.39. The molecule has 2 heterocycles. The highest BCUT2D eigenvalue weighted by Gasteiger charge is 2.21. The van der Waals surface area contributed by atoms with Gasteiger partial charge in [-0.3, -0.25) is 14.1 Å². The Kier molecular flexibility index (Phi) is 6.94. The maximum atomic E-state index is 14.0.